The maximum atomic E-state index is 12.4. The topological polar surface area (TPSA) is 66.0 Å². The van der Waals surface area contributed by atoms with Crippen LogP contribution >= 0.6 is 11.6 Å². The Morgan fingerprint density at radius 1 is 1.25 bits per heavy atom. The van der Waals surface area contributed by atoms with Gasteiger partial charge in [-0.2, -0.15) is 0 Å². The fourth-order valence-electron chi connectivity index (χ4n) is 2.32. The molecule has 0 saturated carbocycles. The third-order valence-electron chi connectivity index (χ3n) is 3.41. The number of carbonyl (C=O) groups is 1. The molecule has 2 aromatic carbocycles. The molecule has 0 atom stereocenters. The highest BCUT2D eigenvalue weighted by molar-refractivity contribution is 6.32. The molecule has 0 saturated heterocycles. The Kier molecular flexibility index (Phi) is 4.66. The highest BCUT2D eigenvalue weighted by Crippen LogP contribution is 2.40. The first-order valence-corrected chi connectivity index (χ1v) is 7.71. The standard InChI is InChI=1S/C17H16ClNO5/c1-3-22-13-5-4-11(8-14(13)21-2)19-17(20)10-6-12(18)16-15(7-10)23-9-24-16/h4-8H,3,9H2,1-2H3,(H,19,20). The number of benzene rings is 2. The minimum absolute atomic E-state index is 0.0935. The van der Waals surface area contributed by atoms with Crippen LogP contribution in [0.4, 0.5) is 5.69 Å². The van der Waals surface area contributed by atoms with E-state index in [0.29, 0.717) is 45.9 Å². The lowest BCUT2D eigenvalue weighted by Crippen LogP contribution is -2.12. The molecule has 0 aliphatic carbocycles. The van der Waals surface area contributed by atoms with E-state index in [0.717, 1.165) is 0 Å². The van der Waals surface area contributed by atoms with Gasteiger partial charge in [0.05, 0.1) is 18.7 Å². The molecule has 0 fully saturated rings. The Balaban J connectivity index is 1.81. The minimum atomic E-state index is -0.318. The summed E-state index contributed by atoms with van der Waals surface area (Å²) in [7, 11) is 1.54. The smallest absolute Gasteiger partial charge is 0.255 e. The van der Waals surface area contributed by atoms with Crippen LogP contribution in [0.3, 0.4) is 0 Å². The number of ether oxygens (including phenoxy) is 4. The average Bonchev–Trinajstić information content (AvgIpc) is 3.05. The van der Waals surface area contributed by atoms with E-state index in [1.807, 2.05) is 6.92 Å². The van der Waals surface area contributed by atoms with Gasteiger partial charge in [-0.05, 0) is 31.2 Å². The highest BCUT2D eigenvalue weighted by atomic mass is 35.5. The summed E-state index contributed by atoms with van der Waals surface area (Å²) in [6.07, 6.45) is 0. The number of rotatable bonds is 5. The summed E-state index contributed by atoms with van der Waals surface area (Å²) in [5, 5.41) is 3.12. The molecule has 0 bridgehead atoms. The van der Waals surface area contributed by atoms with Crippen molar-refractivity contribution in [3.05, 3.63) is 40.9 Å². The van der Waals surface area contributed by atoms with Gasteiger partial charge in [0.15, 0.2) is 23.0 Å². The quantitative estimate of drug-likeness (QED) is 0.891. The lowest BCUT2D eigenvalue weighted by Gasteiger charge is -2.12. The summed E-state index contributed by atoms with van der Waals surface area (Å²) >= 11 is 6.10. The van der Waals surface area contributed by atoms with Crippen LogP contribution in [0.1, 0.15) is 17.3 Å². The van der Waals surface area contributed by atoms with Gasteiger partial charge >= 0.3 is 0 Å². The lowest BCUT2D eigenvalue weighted by atomic mass is 10.1. The van der Waals surface area contributed by atoms with Crippen molar-refractivity contribution < 1.29 is 23.7 Å². The molecule has 1 amide bonds. The zero-order valence-corrected chi connectivity index (χ0v) is 14.0. The van der Waals surface area contributed by atoms with Gasteiger partial charge in [0, 0.05) is 17.3 Å². The number of fused-ring (bicyclic) bond motifs is 1. The molecule has 2 aromatic rings. The van der Waals surface area contributed by atoms with Crippen LogP contribution in [0.25, 0.3) is 0 Å². The van der Waals surface area contributed by atoms with E-state index in [2.05, 4.69) is 5.32 Å². The number of anilines is 1. The van der Waals surface area contributed by atoms with Crippen LogP contribution < -0.4 is 24.3 Å². The molecule has 7 heteroatoms. The van der Waals surface area contributed by atoms with Crippen molar-refractivity contribution in [2.24, 2.45) is 0 Å². The number of carbonyl (C=O) groups excluding carboxylic acids is 1. The fraction of sp³-hybridized carbons (Fsp3) is 0.235. The lowest BCUT2D eigenvalue weighted by molar-refractivity contribution is 0.102. The van der Waals surface area contributed by atoms with E-state index < -0.39 is 0 Å². The fourth-order valence-corrected chi connectivity index (χ4v) is 2.59. The van der Waals surface area contributed by atoms with E-state index in [-0.39, 0.29) is 12.7 Å². The number of nitrogens with one attached hydrogen (secondary N) is 1. The molecule has 1 N–H and O–H groups in total. The molecule has 1 heterocycles. The van der Waals surface area contributed by atoms with Crippen LogP contribution in [0.15, 0.2) is 30.3 Å². The van der Waals surface area contributed by atoms with Crippen LogP contribution in [0.5, 0.6) is 23.0 Å². The number of halogens is 1. The number of hydrogen-bond donors (Lipinski definition) is 1. The Morgan fingerprint density at radius 2 is 2.08 bits per heavy atom. The SMILES string of the molecule is CCOc1ccc(NC(=O)c2cc(Cl)c3c(c2)OCO3)cc1OC. The minimum Gasteiger partial charge on any atom is -0.493 e. The molecular weight excluding hydrogens is 334 g/mol. The van der Waals surface area contributed by atoms with Gasteiger partial charge in [-0.25, -0.2) is 0 Å². The highest BCUT2D eigenvalue weighted by Gasteiger charge is 2.21. The molecule has 6 nitrogen and oxygen atoms in total. The van der Waals surface area contributed by atoms with Gasteiger partial charge in [-0.15, -0.1) is 0 Å². The molecule has 126 valence electrons. The van der Waals surface area contributed by atoms with Crippen LogP contribution in [0, 0.1) is 0 Å². The largest absolute Gasteiger partial charge is 0.493 e. The molecular formula is C17H16ClNO5. The average molecular weight is 350 g/mol. The number of methoxy groups -OCH3 is 1. The van der Waals surface area contributed by atoms with Gasteiger partial charge in [0.25, 0.3) is 5.91 Å². The summed E-state index contributed by atoms with van der Waals surface area (Å²) in [6, 6.07) is 8.30. The third-order valence-corrected chi connectivity index (χ3v) is 3.69. The van der Waals surface area contributed by atoms with Crippen LogP contribution in [0.2, 0.25) is 5.02 Å². The van der Waals surface area contributed by atoms with Crippen molar-refractivity contribution in [1.82, 2.24) is 0 Å². The first-order chi connectivity index (χ1) is 11.6. The van der Waals surface area contributed by atoms with Crippen molar-refractivity contribution in [2.45, 2.75) is 6.92 Å². The van der Waals surface area contributed by atoms with E-state index in [9.17, 15) is 4.79 Å². The summed E-state index contributed by atoms with van der Waals surface area (Å²) in [6.45, 7) is 2.51. The molecule has 0 spiro atoms. The van der Waals surface area contributed by atoms with E-state index in [4.69, 9.17) is 30.5 Å². The van der Waals surface area contributed by atoms with Crippen molar-refractivity contribution in [3.63, 3.8) is 0 Å². The Labute approximate surface area is 144 Å². The predicted molar refractivity (Wildman–Crippen MR) is 89.7 cm³/mol. The Hall–Kier alpha value is -2.60. The predicted octanol–water partition coefficient (Wildman–Crippen LogP) is 3.73. The molecule has 3 rings (SSSR count). The maximum absolute atomic E-state index is 12.4. The van der Waals surface area contributed by atoms with Gasteiger partial charge in [-0.3, -0.25) is 4.79 Å². The summed E-state index contributed by atoms with van der Waals surface area (Å²) in [4.78, 5) is 12.4. The molecule has 0 radical (unpaired) electrons. The van der Waals surface area contributed by atoms with Crippen molar-refractivity contribution in [1.29, 1.82) is 0 Å². The summed E-state index contributed by atoms with van der Waals surface area (Å²) < 4.78 is 21.2. The monoisotopic (exact) mass is 349 g/mol. The van der Waals surface area contributed by atoms with E-state index in [1.54, 1.807) is 31.4 Å². The molecule has 1 aliphatic rings. The van der Waals surface area contributed by atoms with Gasteiger partial charge in [0.1, 0.15) is 0 Å². The first-order valence-electron chi connectivity index (χ1n) is 7.33. The molecule has 0 unspecified atom stereocenters. The van der Waals surface area contributed by atoms with E-state index >= 15 is 0 Å². The second kappa shape index (κ2) is 6.88. The van der Waals surface area contributed by atoms with Crippen molar-refractivity contribution >= 4 is 23.2 Å². The molecule has 1 aliphatic heterocycles. The second-order valence-corrected chi connectivity index (χ2v) is 5.35. The summed E-state index contributed by atoms with van der Waals surface area (Å²) in [5.41, 5.74) is 0.950. The maximum Gasteiger partial charge on any atom is 0.255 e. The first kappa shape index (κ1) is 16.3. The number of amides is 1. The number of hydrogen-bond acceptors (Lipinski definition) is 5. The summed E-state index contributed by atoms with van der Waals surface area (Å²) in [5.74, 6) is 1.75. The Bertz CT molecular complexity index is 778. The zero-order chi connectivity index (χ0) is 17.1. The van der Waals surface area contributed by atoms with Gasteiger partial charge < -0.3 is 24.3 Å². The van der Waals surface area contributed by atoms with Crippen molar-refractivity contribution in [3.8, 4) is 23.0 Å². The third kappa shape index (κ3) is 3.19. The second-order valence-electron chi connectivity index (χ2n) is 4.94. The molecule has 0 aromatic heterocycles. The van der Waals surface area contributed by atoms with Crippen LogP contribution in [-0.4, -0.2) is 26.4 Å². The van der Waals surface area contributed by atoms with Gasteiger partial charge in [-0.1, -0.05) is 11.6 Å². The Morgan fingerprint density at radius 3 is 2.83 bits per heavy atom. The van der Waals surface area contributed by atoms with Crippen molar-refractivity contribution in [2.75, 3.05) is 25.8 Å². The zero-order valence-electron chi connectivity index (χ0n) is 13.2. The molecule has 24 heavy (non-hydrogen) atoms. The van der Waals surface area contributed by atoms with Crippen LogP contribution in [-0.2, 0) is 0 Å². The van der Waals surface area contributed by atoms with E-state index in [1.165, 1.54) is 6.07 Å². The normalized spacial score (nSPS) is 12.0. The van der Waals surface area contributed by atoms with Gasteiger partial charge in [0.2, 0.25) is 6.79 Å².